The van der Waals surface area contributed by atoms with Gasteiger partial charge in [0.2, 0.25) is 0 Å². The summed E-state index contributed by atoms with van der Waals surface area (Å²) in [5, 5.41) is 1.08. The highest BCUT2D eigenvalue weighted by Crippen LogP contribution is 2.29. The van der Waals surface area contributed by atoms with Crippen LogP contribution in [0.3, 0.4) is 0 Å². The van der Waals surface area contributed by atoms with E-state index in [1.54, 1.807) is 0 Å². The van der Waals surface area contributed by atoms with Crippen LogP contribution in [0.5, 0.6) is 0 Å². The van der Waals surface area contributed by atoms with Crippen LogP contribution in [0, 0.1) is 0 Å². The number of H-pyrrole nitrogens is 1. The molecule has 2 atom stereocenters. The molecule has 1 N–H and O–H groups in total. The lowest BCUT2D eigenvalue weighted by Crippen LogP contribution is -2.22. The van der Waals surface area contributed by atoms with Gasteiger partial charge in [-0.3, -0.25) is 14.4 Å². The van der Waals surface area contributed by atoms with Crippen molar-refractivity contribution in [3.05, 3.63) is 83.7 Å². The predicted octanol–water partition coefficient (Wildman–Crippen LogP) is 4.89. The van der Waals surface area contributed by atoms with Crippen molar-refractivity contribution in [2.75, 3.05) is 20.8 Å². The fraction of sp³-hybridized carbons (Fsp3) is 0.367. The van der Waals surface area contributed by atoms with Gasteiger partial charge in [0, 0.05) is 43.0 Å². The van der Waals surface area contributed by atoms with Crippen molar-refractivity contribution in [1.29, 1.82) is 0 Å². The topological polar surface area (TPSA) is 97.9 Å². The SMILES string of the molecule is COC(=O)CC(C/C=C\N(CCc1c(C(C)C(=O)OC)[nH]c2ccccc12)Cc1ccccc1)OC(C)=O. The number of hydrogen-bond acceptors (Lipinski definition) is 7. The number of nitrogens with one attached hydrogen (secondary N) is 1. The molecule has 0 aliphatic heterocycles. The lowest BCUT2D eigenvalue weighted by Gasteiger charge is -2.22. The third-order valence-corrected chi connectivity index (χ3v) is 6.38. The first-order chi connectivity index (χ1) is 18.3. The summed E-state index contributed by atoms with van der Waals surface area (Å²) in [7, 11) is 2.71. The normalized spacial score (nSPS) is 12.7. The summed E-state index contributed by atoms with van der Waals surface area (Å²) in [6, 6.07) is 18.1. The molecule has 0 fully saturated rings. The zero-order chi connectivity index (χ0) is 27.5. The van der Waals surface area contributed by atoms with E-state index in [4.69, 9.17) is 14.2 Å². The summed E-state index contributed by atoms with van der Waals surface area (Å²) in [5.74, 6) is -1.60. The Morgan fingerprint density at radius 2 is 1.71 bits per heavy atom. The average Bonchev–Trinajstić information content (AvgIpc) is 3.29. The number of esters is 3. The van der Waals surface area contributed by atoms with E-state index in [9.17, 15) is 14.4 Å². The molecule has 3 aromatic rings. The van der Waals surface area contributed by atoms with Crippen molar-refractivity contribution in [3.63, 3.8) is 0 Å². The molecule has 0 radical (unpaired) electrons. The summed E-state index contributed by atoms with van der Waals surface area (Å²) in [6.07, 6.45) is 4.33. The number of aromatic amines is 1. The second-order valence-electron chi connectivity index (χ2n) is 9.15. The molecule has 8 nitrogen and oxygen atoms in total. The first-order valence-electron chi connectivity index (χ1n) is 12.7. The van der Waals surface area contributed by atoms with Crippen LogP contribution >= 0.6 is 0 Å². The van der Waals surface area contributed by atoms with E-state index < -0.39 is 24.0 Å². The number of fused-ring (bicyclic) bond motifs is 1. The van der Waals surface area contributed by atoms with Crippen LogP contribution in [0.15, 0.2) is 66.9 Å². The minimum Gasteiger partial charge on any atom is -0.469 e. The largest absolute Gasteiger partial charge is 0.469 e. The van der Waals surface area contributed by atoms with Crippen LogP contribution in [-0.4, -0.2) is 54.7 Å². The van der Waals surface area contributed by atoms with E-state index in [1.807, 2.05) is 55.6 Å². The highest BCUT2D eigenvalue weighted by atomic mass is 16.6. The smallest absolute Gasteiger partial charge is 0.314 e. The lowest BCUT2D eigenvalue weighted by molar-refractivity contribution is -0.152. The molecule has 202 valence electrons. The molecule has 0 saturated carbocycles. The Morgan fingerprint density at radius 1 is 1.00 bits per heavy atom. The van der Waals surface area contributed by atoms with Gasteiger partial charge < -0.3 is 24.1 Å². The van der Waals surface area contributed by atoms with Gasteiger partial charge in [0.25, 0.3) is 0 Å². The zero-order valence-corrected chi connectivity index (χ0v) is 22.4. The van der Waals surface area contributed by atoms with Crippen LogP contribution in [0.2, 0.25) is 0 Å². The first-order valence-corrected chi connectivity index (χ1v) is 12.7. The third-order valence-electron chi connectivity index (χ3n) is 6.38. The van der Waals surface area contributed by atoms with E-state index in [2.05, 4.69) is 28.1 Å². The Balaban J connectivity index is 1.83. The van der Waals surface area contributed by atoms with E-state index in [0.29, 0.717) is 25.9 Å². The van der Waals surface area contributed by atoms with Gasteiger partial charge in [-0.2, -0.15) is 0 Å². The number of para-hydroxylation sites is 1. The van der Waals surface area contributed by atoms with E-state index in [1.165, 1.54) is 21.1 Å². The number of ether oxygens (including phenoxy) is 3. The average molecular weight is 521 g/mol. The molecule has 38 heavy (non-hydrogen) atoms. The maximum atomic E-state index is 12.4. The number of aromatic nitrogens is 1. The van der Waals surface area contributed by atoms with E-state index in [-0.39, 0.29) is 12.4 Å². The van der Waals surface area contributed by atoms with Crippen molar-refractivity contribution in [3.8, 4) is 0 Å². The van der Waals surface area contributed by atoms with Crippen LogP contribution < -0.4 is 0 Å². The second kappa shape index (κ2) is 14.0. The predicted molar refractivity (Wildman–Crippen MR) is 145 cm³/mol. The van der Waals surface area contributed by atoms with Gasteiger partial charge in [0.05, 0.1) is 26.6 Å². The molecular formula is C30H36N2O6. The molecule has 0 saturated heterocycles. The highest BCUT2D eigenvalue weighted by Gasteiger charge is 2.23. The summed E-state index contributed by atoms with van der Waals surface area (Å²) < 4.78 is 15.1. The van der Waals surface area contributed by atoms with Crippen LogP contribution in [-0.2, 0) is 41.6 Å². The number of rotatable bonds is 13. The van der Waals surface area contributed by atoms with Crippen LogP contribution in [0.25, 0.3) is 10.9 Å². The highest BCUT2D eigenvalue weighted by molar-refractivity contribution is 5.88. The molecule has 0 aliphatic rings. The van der Waals surface area contributed by atoms with Gasteiger partial charge >= 0.3 is 17.9 Å². The minimum absolute atomic E-state index is 0.0107. The summed E-state index contributed by atoms with van der Waals surface area (Å²) in [5.41, 5.74) is 4.05. The monoisotopic (exact) mass is 520 g/mol. The molecule has 0 spiro atoms. The first kappa shape index (κ1) is 28.5. The summed E-state index contributed by atoms with van der Waals surface area (Å²) >= 11 is 0. The van der Waals surface area contributed by atoms with Gasteiger partial charge in [-0.25, -0.2) is 0 Å². The summed E-state index contributed by atoms with van der Waals surface area (Å²) in [4.78, 5) is 41.2. The lowest BCUT2D eigenvalue weighted by atomic mass is 9.99. The molecule has 2 unspecified atom stereocenters. The fourth-order valence-electron chi connectivity index (χ4n) is 4.47. The molecule has 0 bridgehead atoms. The number of carbonyl (C=O) groups is 3. The molecular weight excluding hydrogens is 484 g/mol. The fourth-order valence-corrected chi connectivity index (χ4v) is 4.47. The van der Waals surface area contributed by atoms with E-state index >= 15 is 0 Å². The Bertz CT molecular complexity index is 1250. The van der Waals surface area contributed by atoms with E-state index in [0.717, 1.165) is 27.7 Å². The maximum absolute atomic E-state index is 12.4. The van der Waals surface area contributed by atoms with Crippen LogP contribution in [0.4, 0.5) is 0 Å². The number of carbonyl (C=O) groups excluding carboxylic acids is 3. The Labute approximate surface area is 223 Å². The van der Waals surface area contributed by atoms with Gasteiger partial charge in [0.15, 0.2) is 0 Å². The minimum atomic E-state index is -0.601. The van der Waals surface area contributed by atoms with Gasteiger partial charge in [-0.05, 0) is 36.7 Å². The standard InChI is InChI=1S/C30H36N2O6/c1-21(30(35)37-4)29-26(25-14-8-9-15-27(25)31-29)16-18-32(20-23-11-6-5-7-12-23)17-10-13-24(38-22(2)33)19-28(34)36-3/h5-12,14-15,17,21,24,31H,13,16,18-20H2,1-4H3/b17-10-. The van der Waals surface area contributed by atoms with Crippen molar-refractivity contribution in [1.82, 2.24) is 9.88 Å². The van der Waals surface area contributed by atoms with Crippen molar-refractivity contribution in [2.24, 2.45) is 0 Å². The molecule has 0 amide bonds. The van der Waals surface area contributed by atoms with Crippen LogP contribution in [0.1, 0.15) is 49.4 Å². The number of benzene rings is 2. The molecule has 0 aliphatic carbocycles. The molecule has 1 heterocycles. The maximum Gasteiger partial charge on any atom is 0.314 e. The number of nitrogens with zero attached hydrogens (tertiary/aromatic N) is 1. The zero-order valence-electron chi connectivity index (χ0n) is 22.4. The number of hydrogen-bond donors (Lipinski definition) is 1. The summed E-state index contributed by atoms with van der Waals surface area (Å²) in [6.45, 7) is 4.50. The molecule has 2 aromatic carbocycles. The van der Waals surface area contributed by atoms with Gasteiger partial charge in [0.1, 0.15) is 6.10 Å². The quantitative estimate of drug-likeness (QED) is 0.253. The van der Waals surface area contributed by atoms with Crippen molar-refractivity contribution >= 4 is 28.8 Å². The Hall–Kier alpha value is -4.07. The molecule has 1 aromatic heterocycles. The third kappa shape index (κ3) is 7.96. The second-order valence-corrected chi connectivity index (χ2v) is 9.15. The molecule has 3 rings (SSSR count). The van der Waals surface area contributed by atoms with Gasteiger partial charge in [-0.1, -0.05) is 54.6 Å². The Kier molecular flexibility index (Phi) is 10.5. The van der Waals surface area contributed by atoms with Crippen molar-refractivity contribution < 1.29 is 28.6 Å². The Morgan fingerprint density at radius 3 is 2.39 bits per heavy atom. The molecule has 8 heteroatoms. The van der Waals surface area contributed by atoms with Crippen molar-refractivity contribution in [2.45, 2.75) is 51.7 Å². The number of methoxy groups -OCH3 is 2. The van der Waals surface area contributed by atoms with Gasteiger partial charge in [-0.15, -0.1) is 0 Å².